The van der Waals surface area contributed by atoms with Gasteiger partial charge in [-0.25, -0.2) is 15.0 Å². The van der Waals surface area contributed by atoms with Crippen LogP contribution < -0.4 is 4.90 Å². The maximum Gasteiger partial charge on any atom is 0.135 e. The number of piperidine rings is 1. The number of aromatic nitrogens is 4. The number of nitrogens with zero attached hydrogens (tertiary/aromatic N) is 7. The number of aryl methyl sites for hydroxylation is 1. The summed E-state index contributed by atoms with van der Waals surface area (Å²) in [7, 11) is 2.04. The SMILES string of the molecule is Cn1ccnc1CN1CCc2ncnc(N3CCC[C@@H](C#N)C3)c2CC1. The summed E-state index contributed by atoms with van der Waals surface area (Å²) >= 11 is 0. The monoisotopic (exact) mass is 351 g/mol. The number of nitriles is 1. The molecule has 7 heteroatoms. The van der Waals surface area contributed by atoms with Crippen LogP contribution in [0.25, 0.3) is 0 Å². The normalized spacial score (nSPS) is 21.1. The highest BCUT2D eigenvalue weighted by molar-refractivity contribution is 5.50. The van der Waals surface area contributed by atoms with Gasteiger partial charge in [0.15, 0.2) is 0 Å². The molecule has 0 aromatic carbocycles. The van der Waals surface area contributed by atoms with Gasteiger partial charge in [0.2, 0.25) is 0 Å². The fourth-order valence-electron chi connectivity index (χ4n) is 4.01. The lowest BCUT2D eigenvalue weighted by molar-refractivity contribution is 0.269. The third kappa shape index (κ3) is 3.42. The largest absolute Gasteiger partial charge is 0.355 e. The van der Waals surface area contributed by atoms with Gasteiger partial charge >= 0.3 is 0 Å². The summed E-state index contributed by atoms with van der Waals surface area (Å²) in [6.07, 6.45) is 9.48. The second-order valence-electron chi connectivity index (χ2n) is 7.27. The molecule has 0 unspecified atom stereocenters. The molecule has 136 valence electrons. The van der Waals surface area contributed by atoms with Gasteiger partial charge in [-0.2, -0.15) is 5.26 Å². The van der Waals surface area contributed by atoms with E-state index in [1.54, 1.807) is 6.33 Å². The Hall–Kier alpha value is -2.46. The first kappa shape index (κ1) is 17.0. The van der Waals surface area contributed by atoms with E-state index in [-0.39, 0.29) is 5.92 Å². The van der Waals surface area contributed by atoms with Gasteiger partial charge in [-0.1, -0.05) is 0 Å². The Labute approximate surface area is 154 Å². The minimum absolute atomic E-state index is 0.111. The molecule has 2 aliphatic heterocycles. The summed E-state index contributed by atoms with van der Waals surface area (Å²) in [6.45, 7) is 4.60. The minimum atomic E-state index is 0.111. The molecular weight excluding hydrogens is 326 g/mol. The molecule has 0 aliphatic carbocycles. The maximum absolute atomic E-state index is 9.29. The molecule has 2 aromatic rings. The van der Waals surface area contributed by atoms with Crippen molar-refractivity contribution >= 4 is 5.82 Å². The van der Waals surface area contributed by atoms with Crippen LogP contribution in [0.15, 0.2) is 18.7 Å². The Bertz CT molecular complexity index is 806. The summed E-state index contributed by atoms with van der Waals surface area (Å²) in [5, 5.41) is 9.29. The van der Waals surface area contributed by atoms with E-state index < -0.39 is 0 Å². The van der Waals surface area contributed by atoms with Crippen molar-refractivity contribution in [3.05, 3.63) is 35.8 Å². The molecule has 0 radical (unpaired) electrons. The first-order chi connectivity index (χ1) is 12.7. The zero-order valence-corrected chi connectivity index (χ0v) is 15.3. The highest BCUT2D eigenvalue weighted by Crippen LogP contribution is 2.28. The van der Waals surface area contributed by atoms with Gasteiger partial charge in [-0.3, -0.25) is 4.90 Å². The van der Waals surface area contributed by atoms with E-state index in [1.807, 2.05) is 19.4 Å². The lowest BCUT2D eigenvalue weighted by Gasteiger charge is -2.32. The Balaban J connectivity index is 1.51. The molecule has 0 saturated carbocycles. The van der Waals surface area contributed by atoms with Crippen LogP contribution in [0.5, 0.6) is 0 Å². The first-order valence-corrected chi connectivity index (χ1v) is 9.40. The maximum atomic E-state index is 9.29. The quantitative estimate of drug-likeness (QED) is 0.835. The standard InChI is InChI=1S/C19H25N7/c1-24-10-6-21-18(24)13-25-8-4-16-17(5-9-25)22-14-23-19(16)26-7-2-3-15(11-20)12-26/h6,10,14-15H,2-5,7-9,12-13H2,1H3/t15-/m0/s1. The van der Waals surface area contributed by atoms with Gasteiger partial charge < -0.3 is 9.47 Å². The van der Waals surface area contributed by atoms with Gasteiger partial charge in [0.05, 0.1) is 24.2 Å². The highest BCUT2D eigenvalue weighted by Gasteiger charge is 2.26. The molecular formula is C19H25N7. The molecule has 2 aliphatic rings. The van der Waals surface area contributed by atoms with Crippen LogP contribution >= 0.6 is 0 Å². The summed E-state index contributed by atoms with van der Waals surface area (Å²) in [5.74, 6) is 2.25. The van der Waals surface area contributed by atoms with Crippen molar-refractivity contribution in [1.29, 1.82) is 5.26 Å². The van der Waals surface area contributed by atoms with Gasteiger partial charge in [0.25, 0.3) is 0 Å². The molecule has 1 fully saturated rings. The van der Waals surface area contributed by atoms with Crippen LogP contribution in [0.2, 0.25) is 0 Å². The Morgan fingerprint density at radius 3 is 2.88 bits per heavy atom. The molecule has 0 spiro atoms. The summed E-state index contributed by atoms with van der Waals surface area (Å²) < 4.78 is 2.08. The third-order valence-corrected chi connectivity index (χ3v) is 5.54. The van der Waals surface area contributed by atoms with Crippen LogP contribution in [0.1, 0.15) is 29.9 Å². The molecule has 4 heterocycles. The number of anilines is 1. The number of rotatable bonds is 3. The first-order valence-electron chi connectivity index (χ1n) is 9.40. The van der Waals surface area contributed by atoms with Gasteiger partial charge in [0, 0.05) is 57.6 Å². The van der Waals surface area contributed by atoms with E-state index in [2.05, 4.69) is 35.4 Å². The summed E-state index contributed by atoms with van der Waals surface area (Å²) in [5.41, 5.74) is 2.44. The van der Waals surface area contributed by atoms with Crippen LogP contribution in [-0.4, -0.2) is 50.6 Å². The van der Waals surface area contributed by atoms with E-state index in [4.69, 9.17) is 0 Å². The Morgan fingerprint density at radius 2 is 2.08 bits per heavy atom. The molecule has 0 amide bonds. The lowest BCUT2D eigenvalue weighted by atomic mass is 9.98. The number of imidazole rings is 1. The molecule has 2 aromatic heterocycles. The topological polar surface area (TPSA) is 73.9 Å². The van der Waals surface area contributed by atoms with Crippen molar-refractivity contribution in [2.24, 2.45) is 13.0 Å². The molecule has 0 bridgehead atoms. The smallest absolute Gasteiger partial charge is 0.135 e. The molecule has 1 atom stereocenters. The molecule has 7 nitrogen and oxygen atoms in total. The predicted molar refractivity (Wildman–Crippen MR) is 98.5 cm³/mol. The van der Waals surface area contributed by atoms with Crippen LogP contribution in [-0.2, 0) is 26.4 Å². The second kappa shape index (κ2) is 7.42. The van der Waals surface area contributed by atoms with Crippen molar-refractivity contribution in [2.75, 3.05) is 31.1 Å². The molecule has 26 heavy (non-hydrogen) atoms. The van der Waals surface area contributed by atoms with Gasteiger partial charge in [0.1, 0.15) is 18.0 Å². The summed E-state index contributed by atoms with van der Waals surface area (Å²) in [6, 6.07) is 2.43. The average molecular weight is 351 g/mol. The molecule has 4 rings (SSSR count). The van der Waals surface area contributed by atoms with Crippen LogP contribution in [0.4, 0.5) is 5.82 Å². The van der Waals surface area contributed by atoms with E-state index in [0.29, 0.717) is 0 Å². The fraction of sp³-hybridized carbons (Fsp3) is 0.579. The number of hydrogen-bond acceptors (Lipinski definition) is 6. The van der Waals surface area contributed by atoms with Crippen molar-refractivity contribution in [2.45, 2.75) is 32.2 Å². The highest BCUT2D eigenvalue weighted by atomic mass is 15.2. The molecule has 0 N–H and O–H groups in total. The van der Waals surface area contributed by atoms with Crippen molar-refractivity contribution in [3.8, 4) is 6.07 Å². The van der Waals surface area contributed by atoms with Crippen molar-refractivity contribution in [1.82, 2.24) is 24.4 Å². The van der Waals surface area contributed by atoms with Crippen molar-refractivity contribution < 1.29 is 0 Å². The third-order valence-electron chi connectivity index (χ3n) is 5.54. The zero-order valence-electron chi connectivity index (χ0n) is 15.3. The average Bonchev–Trinajstić information content (AvgIpc) is 2.96. The van der Waals surface area contributed by atoms with Crippen molar-refractivity contribution in [3.63, 3.8) is 0 Å². The predicted octanol–water partition coefficient (Wildman–Crippen LogP) is 1.55. The lowest BCUT2D eigenvalue weighted by Crippen LogP contribution is -2.36. The minimum Gasteiger partial charge on any atom is -0.355 e. The van der Waals surface area contributed by atoms with E-state index in [9.17, 15) is 5.26 Å². The Kier molecular flexibility index (Phi) is 4.85. The fourth-order valence-corrected chi connectivity index (χ4v) is 4.01. The van der Waals surface area contributed by atoms with E-state index >= 15 is 0 Å². The number of fused-ring (bicyclic) bond motifs is 1. The molecule has 1 saturated heterocycles. The van der Waals surface area contributed by atoms with Gasteiger partial charge in [-0.15, -0.1) is 0 Å². The van der Waals surface area contributed by atoms with E-state index in [0.717, 1.165) is 75.7 Å². The Morgan fingerprint density at radius 1 is 1.19 bits per heavy atom. The summed E-state index contributed by atoms with van der Waals surface area (Å²) in [4.78, 5) is 18.4. The number of hydrogen-bond donors (Lipinski definition) is 0. The van der Waals surface area contributed by atoms with Gasteiger partial charge in [-0.05, 0) is 19.3 Å². The second-order valence-corrected chi connectivity index (χ2v) is 7.27. The zero-order chi connectivity index (χ0) is 17.9. The van der Waals surface area contributed by atoms with Crippen LogP contribution in [0.3, 0.4) is 0 Å². The van der Waals surface area contributed by atoms with Crippen LogP contribution in [0, 0.1) is 17.2 Å². The van der Waals surface area contributed by atoms with E-state index in [1.165, 1.54) is 5.56 Å².